The van der Waals surface area contributed by atoms with Gasteiger partial charge in [0.25, 0.3) is 10.0 Å². The third-order valence-corrected chi connectivity index (χ3v) is 9.31. The fourth-order valence-electron chi connectivity index (χ4n) is 4.87. The number of methoxy groups -OCH3 is 1. The van der Waals surface area contributed by atoms with E-state index >= 15 is 4.39 Å². The van der Waals surface area contributed by atoms with Crippen LogP contribution in [0.3, 0.4) is 0 Å². The van der Waals surface area contributed by atoms with Crippen LogP contribution in [0.4, 0.5) is 10.1 Å². The minimum Gasteiger partial charge on any atom is -0.495 e. The van der Waals surface area contributed by atoms with Gasteiger partial charge in [-0.15, -0.1) is 0 Å². The van der Waals surface area contributed by atoms with Gasteiger partial charge in [-0.1, -0.05) is 85.8 Å². The summed E-state index contributed by atoms with van der Waals surface area (Å²) < 4.78 is 49.7. The molecule has 236 valence electrons. The predicted octanol–water partition coefficient (Wildman–Crippen LogP) is 5.58. The summed E-state index contributed by atoms with van der Waals surface area (Å²) in [5.41, 5.74) is 1.12. The minimum atomic E-state index is -4.29. The fraction of sp³-hybridized carbons (Fsp3) is 0.257. The summed E-state index contributed by atoms with van der Waals surface area (Å²) in [5, 5.41) is 2.97. The lowest BCUT2D eigenvalue weighted by atomic mass is 10.0. The van der Waals surface area contributed by atoms with Gasteiger partial charge in [0.05, 0.1) is 17.7 Å². The number of anilines is 1. The molecule has 0 spiro atoms. The molecule has 0 aliphatic carbocycles. The van der Waals surface area contributed by atoms with E-state index in [9.17, 15) is 18.0 Å². The molecule has 0 saturated carbocycles. The van der Waals surface area contributed by atoms with Crippen molar-refractivity contribution in [2.24, 2.45) is 0 Å². The number of nitrogens with one attached hydrogen (secondary N) is 1. The first-order chi connectivity index (χ1) is 21.6. The monoisotopic (exact) mass is 631 g/mol. The van der Waals surface area contributed by atoms with E-state index in [1.165, 1.54) is 36.3 Å². The van der Waals surface area contributed by atoms with Crippen molar-refractivity contribution >= 4 is 27.5 Å². The molecule has 0 fully saturated rings. The maximum absolute atomic E-state index is 15.0. The minimum absolute atomic E-state index is 0.0280. The molecule has 4 rings (SSSR count). The van der Waals surface area contributed by atoms with Crippen LogP contribution in [0.15, 0.2) is 114 Å². The van der Waals surface area contributed by atoms with Gasteiger partial charge in [0.15, 0.2) is 0 Å². The molecule has 8 nitrogen and oxygen atoms in total. The van der Waals surface area contributed by atoms with Gasteiger partial charge in [-0.05, 0) is 49.2 Å². The molecule has 0 aliphatic heterocycles. The first kappa shape index (κ1) is 33.2. The standard InChI is InChI=1S/C35H38FN3O5S/c1-4-26(2)37-35(41)32(23-27-15-7-5-8-16-27)38(24-28-17-11-12-20-30(28)36)34(40)25-39(31-21-13-14-22-33(31)44-3)45(42,43)29-18-9-6-10-19-29/h5-22,26,32H,4,23-25H2,1-3H3,(H,37,41)/t26-,32+/m1/s1. The number of halogens is 1. The van der Waals surface area contributed by atoms with Crippen molar-refractivity contribution in [2.45, 2.75) is 50.2 Å². The topological polar surface area (TPSA) is 96.0 Å². The second-order valence-electron chi connectivity index (χ2n) is 10.6. The second-order valence-corrected chi connectivity index (χ2v) is 12.5. The number of para-hydroxylation sites is 2. The van der Waals surface area contributed by atoms with Crippen LogP contribution in [-0.4, -0.2) is 50.9 Å². The Morgan fingerprint density at radius 1 is 0.867 bits per heavy atom. The fourth-order valence-corrected chi connectivity index (χ4v) is 6.32. The average molecular weight is 632 g/mol. The van der Waals surface area contributed by atoms with Crippen molar-refractivity contribution in [3.8, 4) is 5.75 Å². The maximum Gasteiger partial charge on any atom is 0.264 e. The zero-order chi connectivity index (χ0) is 32.4. The number of carbonyl (C=O) groups is 2. The quantitative estimate of drug-likeness (QED) is 0.196. The molecule has 0 aromatic heterocycles. The van der Waals surface area contributed by atoms with Gasteiger partial charge < -0.3 is 15.0 Å². The van der Waals surface area contributed by atoms with Crippen LogP contribution in [0.2, 0.25) is 0 Å². The number of amides is 2. The molecular formula is C35H38FN3O5S. The number of benzene rings is 4. The zero-order valence-electron chi connectivity index (χ0n) is 25.6. The van der Waals surface area contributed by atoms with E-state index in [0.717, 1.165) is 9.87 Å². The van der Waals surface area contributed by atoms with Crippen molar-refractivity contribution in [3.05, 3.63) is 126 Å². The van der Waals surface area contributed by atoms with Crippen LogP contribution in [0.5, 0.6) is 5.75 Å². The van der Waals surface area contributed by atoms with E-state index in [2.05, 4.69) is 5.32 Å². The van der Waals surface area contributed by atoms with Gasteiger partial charge in [0.1, 0.15) is 24.2 Å². The Morgan fingerprint density at radius 3 is 2.11 bits per heavy atom. The Morgan fingerprint density at radius 2 is 1.47 bits per heavy atom. The van der Waals surface area contributed by atoms with Crippen LogP contribution in [0, 0.1) is 5.82 Å². The van der Waals surface area contributed by atoms with Crippen molar-refractivity contribution in [1.29, 1.82) is 0 Å². The van der Waals surface area contributed by atoms with E-state index in [-0.39, 0.29) is 40.9 Å². The highest BCUT2D eigenvalue weighted by atomic mass is 32.2. The number of carbonyl (C=O) groups excluding carboxylic acids is 2. The lowest BCUT2D eigenvalue weighted by Gasteiger charge is -2.34. The molecule has 1 N–H and O–H groups in total. The van der Waals surface area contributed by atoms with Crippen LogP contribution in [0.1, 0.15) is 31.4 Å². The molecule has 2 amide bonds. The SMILES string of the molecule is CC[C@@H](C)NC(=O)[C@H](Cc1ccccc1)N(Cc1ccccc1F)C(=O)CN(c1ccccc1OC)S(=O)(=O)c1ccccc1. The average Bonchev–Trinajstić information content (AvgIpc) is 3.06. The molecular weight excluding hydrogens is 593 g/mol. The molecule has 45 heavy (non-hydrogen) atoms. The summed E-state index contributed by atoms with van der Waals surface area (Å²) in [6, 6.07) is 28.2. The number of ether oxygens (including phenoxy) is 1. The van der Waals surface area contributed by atoms with Crippen LogP contribution >= 0.6 is 0 Å². The summed E-state index contributed by atoms with van der Waals surface area (Å²) in [7, 11) is -2.88. The third-order valence-electron chi connectivity index (χ3n) is 7.53. The summed E-state index contributed by atoms with van der Waals surface area (Å²) in [6.45, 7) is 2.85. The molecule has 0 aliphatic rings. The van der Waals surface area contributed by atoms with Crippen LogP contribution in [-0.2, 0) is 32.6 Å². The smallest absolute Gasteiger partial charge is 0.264 e. The number of hydrogen-bond acceptors (Lipinski definition) is 5. The van der Waals surface area contributed by atoms with Crippen LogP contribution < -0.4 is 14.4 Å². The summed E-state index contributed by atoms with van der Waals surface area (Å²) in [6.07, 6.45) is 0.783. The first-order valence-corrected chi connectivity index (χ1v) is 16.2. The van der Waals surface area contributed by atoms with Gasteiger partial charge >= 0.3 is 0 Å². The summed E-state index contributed by atoms with van der Waals surface area (Å²) in [5.74, 6) is -1.42. The highest BCUT2D eigenvalue weighted by Crippen LogP contribution is 2.32. The predicted molar refractivity (Wildman–Crippen MR) is 173 cm³/mol. The van der Waals surface area contributed by atoms with Gasteiger partial charge in [0.2, 0.25) is 11.8 Å². The first-order valence-electron chi connectivity index (χ1n) is 14.7. The highest BCUT2D eigenvalue weighted by molar-refractivity contribution is 7.92. The van der Waals surface area contributed by atoms with Gasteiger partial charge in [0, 0.05) is 24.6 Å². The Kier molecular flexibility index (Phi) is 11.3. The van der Waals surface area contributed by atoms with Gasteiger partial charge in [-0.2, -0.15) is 0 Å². The third kappa shape index (κ3) is 8.27. The Bertz CT molecular complexity index is 1690. The zero-order valence-corrected chi connectivity index (χ0v) is 26.4. The number of rotatable bonds is 14. The Balaban J connectivity index is 1.84. The molecule has 0 unspecified atom stereocenters. The lowest BCUT2D eigenvalue weighted by Crippen LogP contribution is -2.54. The second kappa shape index (κ2) is 15.3. The van der Waals surface area contributed by atoms with Crippen molar-refractivity contribution in [1.82, 2.24) is 10.2 Å². The molecule has 0 bridgehead atoms. The van der Waals surface area contributed by atoms with E-state index in [4.69, 9.17) is 4.74 Å². The van der Waals surface area contributed by atoms with Gasteiger partial charge in [-0.3, -0.25) is 13.9 Å². The molecule has 0 radical (unpaired) electrons. The van der Waals surface area contributed by atoms with E-state index in [0.29, 0.717) is 6.42 Å². The summed E-state index contributed by atoms with van der Waals surface area (Å²) in [4.78, 5) is 29.6. The van der Waals surface area contributed by atoms with Crippen molar-refractivity contribution in [2.75, 3.05) is 18.0 Å². The number of nitrogens with zero attached hydrogens (tertiary/aromatic N) is 2. The van der Waals surface area contributed by atoms with Crippen molar-refractivity contribution < 1.29 is 27.1 Å². The number of hydrogen-bond donors (Lipinski definition) is 1. The Hall–Kier alpha value is -4.70. The summed E-state index contributed by atoms with van der Waals surface area (Å²) >= 11 is 0. The molecule has 4 aromatic rings. The maximum atomic E-state index is 15.0. The Labute approximate surface area is 264 Å². The van der Waals surface area contributed by atoms with E-state index in [1.807, 2.05) is 44.2 Å². The molecule has 10 heteroatoms. The molecule has 0 saturated heterocycles. The van der Waals surface area contributed by atoms with E-state index in [1.54, 1.807) is 54.6 Å². The van der Waals surface area contributed by atoms with Crippen LogP contribution in [0.25, 0.3) is 0 Å². The largest absolute Gasteiger partial charge is 0.495 e. The molecule has 4 aromatic carbocycles. The van der Waals surface area contributed by atoms with Crippen molar-refractivity contribution in [3.63, 3.8) is 0 Å². The number of sulfonamides is 1. The highest BCUT2D eigenvalue weighted by Gasteiger charge is 2.36. The molecule has 0 heterocycles. The molecule has 2 atom stereocenters. The lowest BCUT2D eigenvalue weighted by molar-refractivity contribution is -0.140. The van der Waals surface area contributed by atoms with E-state index < -0.39 is 40.2 Å². The van der Waals surface area contributed by atoms with Gasteiger partial charge in [-0.25, -0.2) is 12.8 Å². The normalized spacial score (nSPS) is 12.5.